The average molecular weight is 646 g/mol. The van der Waals surface area contributed by atoms with Crippen LogP contribution < -0.4 is 14.5 Å². The minimum atomic E-state index is -0.452. The molecule has 0 radical (unpaired) electrons. The van der Waals surface area contributed by atoms with E-state index in [0.29, 0.717) is 63.8 Å². The van der Waals surface area contributed by atoms with Crippen LogP contribution in [0.15, 0.2) is 43.0 Å². The van der Waals surface area contributed by atoms with Crippen molar-refractivity contribution in [2.24, 2.45) is 0 Å². The average Bonchev–Trinajstić information content (AvgIpc) is 3.83. The first-order chi connectivity index (χ1) is 22.4. The van der Waals surface area contributed by atoms with Crippen molar-refractivity contribution in [2.45, 2.75) is 50.0 Å². The Morgan fingerprint density at radius 2 is 2.07 bits per heavy atom. The second-order valence-corrected chi connectivity index (χ2v) is 12.9. The second-order valence-electron chi connectivity index (χ2n) is 12.5. The minimum Gasteiger partial charge on any atom is -0.456 e. The highest BCUT2D eigenvalue weighted by Crippen LogP contribution is 2.38. The predicted octanol–water partition coefficient (Wildman–Crippen LogP) is 4.35. The van der Waals surface area contributed by atoms with Crippen molar-refractivity contribution in [3.63, 3.8) is 0 Å². The molecule has 1 saturated carbocycles. The summed E-state index contributed by atoms with van der Waals surface area (Å²) < 4.78 is 27.0. The molecule has 2 saturated heterocycles. The molecule has 10 nitrogen and oxygen atoms in total. The van der Waals surface area contributed by atoms with Gasteiger partial charge in [0.05, 0.1) is 36.5 Å². The number of anilines is 2. The standard InChI is InChI=1S/C34H37ClFN7O3/c1-4-30(44)43-15-14-42(17-23(43)16-37-2)33-24-12-13-41(27-7-5-6-21-8-11-25(36)32(35)31(21)27)18-26(24)38-34(39-33)46-29-20-45-19-28(29)40(3)22-9-10-22/h4-8,11,22-23,28-29H,1,9-10,12-20H2,3H3/t23-,28+,29+/m0/s1. The van der Waals surface area contributed by atoms with E-state index in [9.17, 15) is 9.18 Å². The van der Waals surface area contributed by atoms with Gasteiger partial charge in [-0.15, -0.1) is 0 Å². The molecule has 0 bridgehead atoms. The maximum absolute atomic E-state index is 14.6. The van der Waals surface area contributed by atoms with Crippen molar-refractivity contribution in [1.29, 1.82) is 0 Å². The van der Waals surface area contributed by atoms with Crippen LogP contribution in [0, 0.1) is 12.4 Å². The third-order valence-electron chi connectivity index (χ3n) is 9.72. The minimum absolute atomic E-state index is 0.108. The lowest BCUT2D eigenvalue weighted by Gasteiger charge is -2.41. The number of piperazine rings is 1. The lowest BCUT2D eigenvalue weighted by molar-refractivity contribution is -0.128. The first kappa shape index (κ1) is 30.7. The number of aromatic nitrogens is 2. The Kier molecular flexibility index (Phi) is 8.44. The molecule has 12 heteroatoms. The van der Waals surface area contributed by atoms with Crippen LogP contribution in [0.2, 0.25) is 5.02 Å². The smallest absolute Gasteiger partial charge is 0.319 e. The number of nitrogens with zero attached hydrogens (tertiary/aromatic N) is 7. The molecule has 1 aromatic heterocycles. The van der Waals surface area contributed by atoms with E-state index in [4.69, 9.17) is 37.6 Å². The second kappa shape index (κ2) is 12.7. The number of fused-ring (bicyclic) bond motifs is 2. The molecule has 1 amide bonds. The van der Waals surface area contributed by atoms with Gasteiger partial charge >= 0.3 is 6.01 Å². The molecular formula is C34H37ClFN7O3. The molecular weight excluding hydrogens is 609 g/mol. The SMILES string of the molecule is [C-]#[N+]C[C@H]1CN(c2nc(O[C@@H]3COC[C@H]3N(C)C3CC3)nc3c2CCN(c2cccc4ccc(F)c(Cl)c24)C3)CCN1C(=O)C=C. The summed E-state index contributed by atoms with van der Waals surface area (Å²) in [6.07, 6.45) is 4.11. The molecule has 3 aliphatic heterocycles. The van der Waals surface area contributed by atoms with Crippen molar-refractivity contribution < 1.29 is 18.7 Å². The third kappa shape index (κ3) is 5.74. The Labute approximate surface area is 273 Å². The number of benzene rings is 2. The zero-order chi connectivity index (χ0) is 31.9. The molecule has 240 valence electrons. The molecule has 7 rings (SSSR count). The van der Waals surface area contributed by atoms with Crippen LogP contribution >= 0.6 is 11.6 Å². The number of halogens is 2. The zero-order valence-electron chi connectivity index (χ0n) is 25.9. The summed E-state index contributed by atoms with van der Waals surface area (Å²) in [4.78, 5) is 34.7. The van der Waals surface area contributed by atoms with Gasteiger partial charge in [-0.1, -0.05) is 36.4 Å². The molecule has 3 atom stereocenters. The van der Waals surface area contributed by atoms with Crippen molar-refractivity contribution in [2.75, 3.05) is 62.8 Å². The molecule has 4 heterocycles. The Hall–Kier alpha value is -3.98. The van der Waals surface area contributed by atoms with E-state index in [1.165, 1.54) is 25.0 Å². The fourth-order valence-corrected chi connectivity index (χ4v) is 7.35. The molecule has 3 fully saturated rings. The molecule has 0 spiro atoms. The number of rotatable bonds is 8. The number of hydrogen-bond acceptors (Lipinski definition) is 8. The van der Waals surface area contributed by atoms with Gasteiger partial charge in [0, 0.05) is 48.9 Å². The first-order valence-corrected chi connectivity index (χ1v) is 16.2. The summed E-state index contributed by atoms with van der Waals surface area (Å²) in [5.74, 6) is 0.148. The van der Waals surface area contributed by atoms with E-state index in [-0.39, 0.29) is 41.7 Å². The van der Waals surface area contributed by atoms with Gasteiger partial charge in [0.2, 0.25) is 12.5 Å². The molecule has 3 aromatic rings. The Morgan fingerprint density at radius 1 is 1.22 bits per heavy atom. The summed E-state index contributed by atoms with van der Waals surface area (Å²) in [6, 6.07) is 9.66. The van der Waals surface area contributed by atoms with E-state index in [1.54, 1.807) is 11.0 Å². The molecule has 0 unspecified atom stereocenters. The van der Waals surface area contributed by atoms with Gasteiger partial charge in [0.25, 0.3) is 0 Å². The van der Waals surface area contributed by atoms with Crippen molar-refractivity contribution >= 4 is 39.8 Å². The van der Waals surface area contributed by atoms with Gasteiger partial charge in [0.1, 0.15) is 23.8 Å². The lowest BCUT2D eigenvalue weighted by Crippen LogP contribution is -2.56. The van der Waals surface area contributed by atoms with E-state index < -0.39 is 5.82 Å². The zero-order valence-corrected chi connectivity index (χ0v) is 26.6. The Bertz CT molecular complexity index is 1710. The highest BCUT2D eigenvalue weighted by molar-refractivity contribution is 6.36. The van der Waals surface area contributed by atoms with Crippen LogP contribution in [-0.2, 0) is 22.5 Å². The first-order valence-electron chi connectivity index (χ1n) is 15.8. The van der Waals surface area contributed by atoms with Gasteiger partial charge in [-0.3, -0.25) is 9.69 Å². The summed E-state index contributed by atoms with van der Waals surface area (Å²) in [7, 11) is 2.13. The topological polar surface area (TPSA) is 78.6 Å². The van der Waals surface area contributed by atoms with E-state index >= 15 is 0 Å². The van der Waals surface area contributed by atoms with Crippen LogP contribution in [0.4, 0.5) is 15.9 Å². The normalized spacial score (nSPS) is 23.0. The molecule has 46 heavy (non-hydrogen) atoms. The monoisotopic (exact) mass is 645 g/mol. The number of hydrogen-bond donors (Lipinski definition) is 0. The van der Waals surface area contributed by atoms with Crippen LogP contribution in [-0.4, -0.2) is 103 Å². The van der Waals surface area contributed by atoms with Crippen molar-refractivity contribution in [3.05, 3.63) is 76.5 Å². The number of ether oxygens (including phenoxy) is 2. The van der Waals surface area contributed by atoms with E-state index in [2.05, 4.69) is 33.2 Å². The van der Waals surface area contributed by atoms with E-state index in [0.717, 1.165) is 28.1 Å². The Balaban J connectivity index is 1.24. The van der Waals surface area contributed by atoms with Gasteiger partial charge in [0.15, 0.2) is 0 Å². The van der Waals surface area contributed by atoms with Crippen LogP contribution in [0.3, 0.4) is 0 Å². The molecule has 4 aliphatic rings. The summed E-state index contributed by atoms with van der Waals surface area (Å²) >= 11 is 6.52. The highest BCUT2D eigenvalue weighted by Gasteiger charge is 2.41. The fraction of sp³-hybridized carbons (Fsp3) is 0.471. The van der Waals surface area contributed by atoms with Gasteiger partial charge < -0.3 is 29.0 Å². The van der Waals surface area contributed by atoms with Crippen LogP contribution in [0.1, 0.15) is 24.1 Å². The Morgan fingerprint density at radius 3 is 2.85 bits per heavy atom. The third-order valence-corrected chi connectivity index (χ3v) is 10.1. The largest absolute Gasteiger partial charge is 0.456 e. The summed E-state index contributed by atoms with van der Waals surface area (Å²) in [6.45, 7) is 15.0. The number of amides is 1. The number of carbonyl (C=O) groups excluding carboxylic acids is 1. The van der Waals surface area contributed by atoms with Gasteiger partial charge in [-0.2, -0.15) is 9.97 Å². The van der Waals surface area contributed by atoms with Crippen LogP contribution in [0.5, 0.6) is 6.01 Å². The van der Waals surface area contributed by atoms with Crippen molar-refractivity contribution in [1.82, 2.24) is 19.8 Å². The summed E-state index contributed by atoms with van der Waals surface area (Å²) in [5, 5.41) is 1.65. The molecule has 0 N–H and O–H groups in total. The molecule has 1 aliphatic carbocycles. The number of carbonyl (C=O) groups is 1. The summed E-state index contributed by atoms with van der Waals surface area (Å²) in [5.41, 5.74) is 2.69. The van der Waals surface area contributed by atoms with Gasteiger partial charge in [-0.25, -0.2) is 11.0 Å². The fourth-order valence-electron chi connectivity index (χ4n) is 7.08. The molecule has 2 aromatic carbocycles. The van der Waals surface area contributed by atoms with Gasteiger partial charge in [-0.05, 0) is 49.9 Å². The maximum atomic E-state index is 14.6. The van der Waals surface area contributed by atoms with Crippen LogP contribution in [0.25, 0.3) is 15.6 Å². The van der Waals surface area contributed by atoms with Crippen molar-refractivity contribution in [3.8, 4) is 6.01 Å². The maximum Gasteiger partial charge on any atom is 0.319 e. The number of likely N-dealkylation sites (N-methyl/N-ethyl adjacent to an activating group) is 1. The highest BCUT2D eigenvalue weighted by atomic mass is 35.5. The lowest BCUT2D eigenvalue weighted by atomic mass is 10.0. The van der Waals surface area contributed by atoms with E-state index in [1.807, 2.05) is 18.2 Å². The quantitative estimate of drug-likeness (QED) is 0.265. The predicted molar refractivity (Wildman–Crippen MR) is 175 cm³/mol.